The van der Waals surface area contributed by atoms with Crippen molar-refractivity contribution in [3.8, 4) is 17.6 Å². The van der Waals surface area contributed by atoms with Crippen molar-refractivity contribution in [2.75, 3.05) is 35.3 Å². The van der Waals surface area contributed by atoms with Crippen LogP contribution in [0.3, 0.4) is 0 Å². The summed E-state index contributed by atoms with van der Waals surface area (Å²) in [5, 5.41) is 15.7. The van der Waals surface area contributed by atoms with Gasteiger partial charge in [0.1, 0.15) is 31.0 Å². The summed E-state index contributed by atoms with van der Waals surface area (Å²) in [7, 11) is 0. The van der Waals surface area contributed by atoms with Crippen LogP contribution < -0.4 is 25.0 Å². The van der Waals surface area contributed by atoms with Crippen molar-refractivity contribution in [2.24, 2.45) is 0 Å². The molecule has 3 aromatic rings. The molecule has 158 valence electrons. The third kappa shape index (κ3) is 5.21. The van der Waals surface area contributed by atoms with Crippen LogP contribution in [-0.4, -0.2) is 34.8 Å². The maximum atomic E-state index is 9.05. The quantitative estimate of drug-likeness (QED) is 0.534. The molecule has 31 heavy (non-hydrogen) atoms. The van der Waals surface area contributed by atoms with Crippen molar-refractivity contribution in [3.05, 3.63) is 54.9 Å². The van der Waals surface area contributed by atoms with Gasteiger partial charge >= 0.3 is 0 Å². The summed E-state index contributed by atoms with van der Waals surface area (Å²) in [5.74, 6) is 2.76. The van der Waals surface area contributed by atoms with E-state index in [-0.39, 0.29) is 0 Å². The number of hydrogen-bond donors (Lipinski definition) is 2. The van der Waals surface area contributed by atoms with E-state index >= 15 is 0 Å². The number of nitriles is 1. The van der Waals surface area contributed by atoms with Crippen LogP contribution in [0.25, 0.3) is 0 Å². The number of thiocarbonyl (C=S) groups is 1. The number of nitrogens with zero attached hydrogens (tertiary/aromatic N) is 4. The normalized spacial score (nSPS) is 12.0. The molecule has 0 amide bonds. The molecule has 0 saturated carbocycles. The van der Waals surface area contributed by atoms with E-state index in [0.29, 0.717) is 60.8 Å². The highest BCUT2D eigenvalue weighted by atomic mass is 32.1. The zero-order chi connectivity index (χ0) is 21.5. The Bertz CT molecular complexity index is 1080. The minimum absolute atomic E-state index is 0.337. The molecule has 10 heteroatoms. The van der Waals surface area contributed by atoms with Crippen molar-refractivity contribution in [1.82, 2.24) is 9.97 Å². The van der Waals surface area contributed by atoms with Gasteiger partial charge in [0.2, 0.25) is 0 Å². The van der Waals surface area contributed by atoms with E-state index in [9.17, 15) is 0 Å². The second-order valence-electron chi connectivity index (χ2n) is 6.61. The highest BCUT2D eigenvalue weighted by Crippen LogP contribution is 2.32. The first kappa shape index (κ1) is 20.4. The van der Waals surface area contributed by atoms with Gasteiger partial charge in [0.25, 0.3) is 0 Å². The Kier molecular flexibility index (Phi) is 6.44. The van der Waals surface area contributed by atoms with Crippen molar-refractivity contribution in [1.29, 1.82) is 5.26 Å². The first-order chi connectivity index (χ1) is 15.2. The molecule has 0 bridgehead atoms. The van der Waals surface area contributed by atoms with E-state index in [1.807, 2.05) is 35.2 Å². The molecule has 2 aromatic heterocycles. The Labute approximate surface area is 184 Å². The number of anilines is 3. The van der Waals surface area contributed by atoms with Gasteiger partial charge in [-0.3, -0.25) is 0 Å². The zero-order valence-corrected chi connectivity index (χ0v) is 17.4. The summed E-state index contributed by atoms with van der Waals surface area (Å²) in [6.45, 7) is 1.99. The van der Waals surface area contributed by atoms with Crippen LogP contribution in [0, 0.1) is 11.3 Å². The zero-order valence-electron chi connectivity index (χ0n) is 16.6. The van der Waals surface area contributed by atoms with E-state index in [1.54, 1.807) is 12.5 Å². The maximum absolute atomic E-state index is 9.05. The fraction of sp³-hybridized carbons (Fsp3) is 0.238. The molecule has 2 N–H and O–H groups in total. The largest absolute Gasteiger partial charge is 0.486 e. The summed E-state index contributed by atoms with van der Waals surface area (Å²) in [4.78, 5) is 10.5. The van der Waals surface area contributed by atoms with E-state index < -0.39 is 0 Å². The van der Waals surface area contributed by atoms with E-state index in [1.165, 1.54) is 6.33 Å². The second-order valence-corrected chi connectivity index (χ2v) is 7.01. The van der Waals surface area contributed by atoms with Gasteiger partial charge in [-0.15, -0.1) is 0 Å². The molecular weight excluding hydrogens is 416 g/mol. The lowest BCUT2D eigenvalue weighted by atomic mass is 10.2. The van der Waals surface area contributed by atoms with Gasteiger partial charge in [-0.25, -0.2) is 9.97 Å². The molecule has 1 aliphatic heterocycles. The fourth-order valence-corrected chi connectivity index (χ4v) is 3.33. The molecule has 0 radical (unpaired) electrons. The maximum Gasteiger partial charge on any atom is 0.175 e. The standard InChI is InChI=1S/C21H20N6O3S/c22-6-2-7-27(13-16-3-1-8-28-16)20-17(12-23-14-24-20)26-21(31)25-15-4-5-18-19(11-15)30-10-9-29-18/h1,3-5,8,11-12,14H,2,7,9-10,13H2,(H2,25,26,31). The van der Waals surface area contributed by atoms with Crippen LogP contribution in [0.15, 0.2) is 53.5 Å². The minimum Gasteiger partial charge on any atom is -0.486 e. The van der Waals surface area contributed by atoms with Crippen LogP contribution >= 0.6 is 12.2 Å². The molecule has 0 fully saturated rings. The van der Waals surface area contributed by atoms with E-state index in [0.717, 1.165) is 11.4 Å². The fourth-order valence-electron chi connectivity index (χ4n) is 3.10. The smallest absolute Gasteiger partial charge is 0.175 e. The van der Waals surface area contributed by atoms with Crippen molar-refractivity contribution in [2.45, 2.75) is 13.0 Å². The average molecular weight is 436 g/mol. The predicted molar refractivity (Wildman–Crippen MR) is 119 cm³/mol. The lowest BCUT2D eigenvalue weighted by Gasteiger charge is -2.24. The number of ether oxygens (including phenoxy) is 2. The molecule has 0 aliphatic carbocycles. The van der Waals surface area contributed by atoms with Crippen LogP contribution in [0.4, 0.5) is 17.2 Å². The highest BCUT2D eigenvalue weighted by Gasteiger charge is 2.17. The van der Waals surface area contributed by atoms with Gasteiger partial charge in [-0.05, 0) is 36.5 Å². The van der Waals surface area contributed by atoms with Gasteiger partial charge in [-0.2, -0.15) is 5.26 Å². The van der Waals surface area contributed by atoms with E-state index in [4.69, 9.17) is 31.4 Å². The van der Waals surface area contributed by atoms with Crippen LogP contribution in [0.5, 0.6) is 11.5 Å². The first-order valence-corrected chi connectivity index (χ1v) is 10.1. The lowest BCUT2D eigenvalue weighted by molar-refractivity contribution is 0.171. The van der Waals surface area contributed by atoms with Gasteiger partial charge < -0.3 is 29.4 Å². The summed E-state index contributed by atoms with van der Waals surface area (Å²) >= 11 is 5.48. The summed E-state index contributed by atoms with van der Waals surface area (Å²) in [6.07, 6.45) is 5.05. The van der Waals surface area contributed by atoms with Crippen LogP contribution in [0.2, 0.25) is 0 Å². The second kappa shape index (κ2) is 9.77. The summed E-state index contributed by atoms with van der Waals surface area (Å²) in [5.41, 5.74) is 1.37. The molecule has 0 spiro atoms. The molecule has 1 aromatic carbocycles. The molecule has 1 aliphatic rings. The summed E-state index contributed by atoms with van der Waals surface area (Å²) < 4.78 is 16.6. The average Bonchev–Trinajstić information content (AvgIpc) is 3.30. The molecular formula is C21H20N6O3S. The van der Waals surface area contributed by atoms with Crippen molar-refractivity contribution < 1.29 is 13.9 Å². The third-order valence-electron chi connectivity index (χ3n) is 4.46. The molecule has 0 unspecified atom stereocenters. The lowest BCUT2D eigenvalue weighted by Crippen LogP contribution is -2.27. The Balaban J connectivity index is 1.49. The number of furan rings is 1. The van der Waals surface area contributed by atoms with Crippen molar-refractivity contribution >= 4 is 34.5 Å². The highest BCUT2D eigenvalue weighted by molar-refractivity contribution is 7.80. The number of hydrogen-bond acceptors (Lipinski definition) is 8. The van der Waals surface area contributed by atoms with Gasteiger partial charge in [0.05, 0.1) is 31.5 Å². The monoisotopic (exact) mass is 436 g/mol. The molecule has 0 atom stereocenters. The van der Waals surface area contributed by atoms with Crippen molar-refractivity contribution in [3.63, 3.8) is 0 Å². The number of fused-ring (bicyclic) bond motifs is 1. The molecule has 3 heterocycles. The Morgan fingerprint density at radius 1 is 1.19 bits per heavy atom. The van der Waals surface area contributed by atoms with Crippen LogP contribution in [0.1, 0.15) is 12.2 Å². The molecule has 4 rings (SSSR count). The van der Waals surface area contributed by atoms with E-state index in [2.05, 4.69) is 26.7 Å². The third-order valence-corrected chi connectivity index (χ3v) is 4.66. The Morgan fingerprint density at radius 3 is 2.87 bits per heavy atom. The van der Waals surface area contributed by atoms with Crippen LogP contribution in [-0.2, 0) is 6.54 Å². The molecule has 0 saturated heterocycles. The topological polar surface area (TPSA) is 108 Å². The van der Waals surface area contributed by atoms with Gasteiger partial charge in [-0.1, -0.05) is 0 Å². The number of benzene rings is 1. The number of aromatic nitrogens is 2. The first-order valence-electron chi connectivity index (χ1n) is 9.65. The number of rotatable bonds is 7. The van der Waals surface area contributed by atoms with Gasteiger partial charge in [0, 0.05) is 18.3 Å². The minimum atomic E-state index is 0.337. The predicted octanol–water partition coefficient (Wildman–Crippen LogP) is 3.57. The Morgan fingerprint density at radius 2 is 2.06 bits per heavy atom. The number of nitrogens with one attached hydrogen (secondary N) is 2. The Hall–Kier alpha value is -3.84. The molecule has 9 nitrogen and oxygen atoms in total. The summed E-state index contributed by atoms with van der Waals surface area (Å²) in [6, 6.07) is 11.4. The SMILES string of the molecule is N#CCCN(Cc1ccco1)c1ncncc1NC(=S)Nc1ccc2c(c1)OCCO2. The van der Waals surface area contributed by atoms with Gasteiger partial charge in [0.15, 0.2) is 22.4 Å².